The number of nitrogens with zero attached hydrogens (tertiary/aromatic N) is 1. The van der Waals surface area contributed by atoms with Gasteiger partial charge in [-0.15, -0.1) is 0 Å². The fourth-order valence-corrected chi connectivity index (χ4v) is 4.33. The van der Waals surface area contributed by atoms with Gasteiger partial charge < -0.3 is 5.32 Å². The van der Waals surface area contributed by atoms with Crippen molar-refractivity contribution in [2.75, 3.05) is 26.7 Å². The first-order valence-electron chi connectivity index (χ1n) is 6.05. The van der Waals surface area contributed by atoms with Gasteiger partial charge >= 0.3 is 0 Å². The average molecular weight is 307 g/mol. The minimum Gasteiger partial charge on any atom is -0.319 e. The summed E-state index contributed by atoms with van der Waals surface area (Å²) in [7, 11) is -1.79. The van der Waals surface area contributed by atoms with Crippen molar-refractivity contribution in [3.63, 3.8) is 0 Å². The highest BCUT2D eigenvalue weighted by Crippen LogP contribution is 2.29. The highest BCUT2D eigenvalue weighted by Gasteiger charge is 2.33. The van der Waals surface area contributed by atoms with Gasteiger partial charge in [-0.3, -0.25) is 0 Å². The summed E-state index contributed by atoms with van der Waals surface area (Å²) in [4.78, 5) is -0.0272. The van der Waals surface area contributed by atoms with Crippen molar-refractivity contribution >= 4 is 21.6 Å². The van der Waals surface area contributed by atoms with Crippen molar-refractivity contribution in [2.45, 2.75) is 11.3 Å². The van der Waals surface area contributed by atoms with Gasteiger partial charge in [0.15, 0.2) is 0 Å². The van der Waals surface area contributed by atoms with Crippen LogP contribution < -0.4 is 5.32 Å². The molecule has 0 aromatic heterocycles. The number of halogens is 2. The zero-order valence-electron chi connectivity index (χ0n) is 10.6. The molecule has 1 aliphatic rings. The third kappa shape index (κ3) is 3.08. The molecule has 1 saturated heterocycles. The van der Waals surface area contributed by atoms with Crippen molar-refractivity contribution in [3.8, 4) is 0 Å². The number of hydrogen-bond donors (Lipinski definition) is 1. The minimum absolute atomic E-state index is 0.0272. The Morgan fingerprint density at radius 3 is 2.89 bits per heavy atom. The maximum atomic E-state index is 13.0. The van der Waals surface area contributed by atoms with Crippen LogP contribution in [0.1, 0.15) is 6.42 Å². The Bertz CT molecular complexity index is 565. The standard InChI is InChI=1S/C12H16ClFN2O2S/c1-15-7-9-4-5-16(8-9)19(17,18)12-3-2-10(14)6-11(12)13/h2-3,6,9,15H,4-5,7-8H2,1H3/t9-/m1/s1. The lowest BCUT2D eigenvalue weighted by molar-refractivity contribution is 0.451. The van der Waals surface area contributed by atoms with Crippen LogP contribution in [0.25, 0.3) is 0 Å². The molecule has 2 rings (SSSR count). The molecule has 1 aromatic rings. The second kappa shape index (κ2) is 5.75. The third-order valence-corrected chi connectivity index (χ3v) is 5.60. The van der Waals surface area contributed by atoms with Crippen LogP contribution in [0, 0.1) is 11.7 Å². The van der Waals surface area contributed by atoms with E-state index in [2.05, 4.69) is 5.32 Å². The van der Waals surface area contributed by atoms with E-state index in [-0.39, 0.29) is 9.92 Å². The van der Waals surface area contributed by atoms with Gasteiger partial charge in [0.05, 0.1) is 5.02 Å². The molecule has 0 unspecified atom stereocenters. The molecule has 1 N–H and O–H groups in total. The molecular weight excluding hydrogens is 291 g/mol. The lowest BCUT2D eigenvalue weighted by Gasteiger charge is -2.17. The average Bonchev–Trinajstić information content (AvgIpc) is 2.78. The van der Waals surface area contributed by atoms with Gasteiger partial charge in [0.2, 0.25) is 10.0 Å². The highest BCUT2D eigenvalue weighted by molar-refractivity contribution is 7.89. The van der Waals surface area contributed by atoms with E-state index in [9.17, 15) is 12.8 Å². The first kappa shape index (κ1) is 14.7. The van der Waals surface area contributed by atoms with Gasteiger partial charge in [-0.25, -0.2) is 12.8 Å². The second-order valence-corrected chi connectivity index (χ2v) is 6.96. The van der Waals surface area contributed by atoms with E-state index in [0.717, 1.165) is 25.1 Å². The molecule has 1 fully saturated rings. The fourth-order valence-electron chi connectivity index (χ4n) is 2.29. The lowest BCUT2D eigenvalue weighted by Crippen LogP contribution is -2.30. The van der Waals surface area contributed by atoms with Gasteiger partial charge in [-0.05, 0) is 44.1 Å². The summed E-state index contributed by atoms with van der Waals surface area (Å²) in [6, 6.07) is 3.36. The van der Waals surface area contributed by atoms with Crippen molar-refractivity contribution < 1.29 is 12.8 Å². The molecule has 0 amide bonds. The van der Waals surface area contributed by atoms with E-state index in [1.807, 2.05) is 7.05 Å². The summed E-state index contributed by atoms with van der Waals surface area (Å²) >= 11 is 5.83. The van der Waals surface area contributed by atoms with Crippen LogP contribution in [0.5, 0.6) is 0 Å². The number of benzene rings is 1. The monoisotopic (exact) mass is 306 g/mol. The molecule has 4 nitrogen and oxygen atoms in total. The van der Waals surface area contributed by atoms with E-state index in [4.69, 9.17) is 11.6 Å². The fraction of sp³-hybridized carbons (Fsp3) is 0.500. The van der Waals surface area contributed by atoms with E-state index in [0.29, 0.717) is 19.0 Å². The minimum atomic E-state index is -3.63. The topological polar surface area (TPSA) is 49.4 Å². The van der Waals surface area contributed by atoms with E-state index in [1.54, 1.807) is 0 Å². The molecule has 0 spiro atoms. The molecule has 1 aromatic carbocycles. The number of hydrogen-bond acceptors (Lipinski definition) is 3. The van der Waals surface area contributed by atoms with E-state index >= 15 is 0 Å². The molecule has 1 aliphatic heterocycles. The molecule has 0 aliphatic carbocycles. The molecule has 7 heteroatoms. The van der Waals surface area contributed by atoms with Crippen molar-refractivity contribution in [1.82, 2.24) is 9.62 Å². The van der Waals surface area contributed by atoms with Gasteiger partial charge in [0.1, 0.15) is 10.7 Å². The zero-order chi connectivity index (χ0) is 14.0. The number of sulfonamides is 1. The van der Waals surface area contributed by atoms with Crippen molar-refractivity contribution in [1.29, 1.82) is 0 Å². The highest BCUT2D eigenvalue weighted by atomic mass is 35.5. The normalized spacial score (nSPS) is 20.9. The summed E-state index contributed by atoms with van der Waals surface area (Å²) in [5, 5.41) is 2.97. The van der Waals surface area contributed by atoms with E-state index < -0.39 is 15.8 Å². The largest absolute Gasteiger partial charge is 0.319 e. The lowest BCUT2D eigenvalue weighted by atomic mass is 10.1. The maximum Gasteiger partial charge on any atom is 0.244 e. The molecule has 0 bridgehead atoms. The summed E-state index contributed by atoms with van der Waals surface area (Å²) in [6.07, 6.45) is 0.818. The Hall–Kier alpha value is -0.690. The molecular formula is C12H16ClFN2O2S. The predicted octanol–water partition coefficient (Wildman–Crippen LogP) is 1.71. The molecule has 0 saturated carbocycles. The Morgan fingerprint density at radius 1 is 1.53 bits per heavy atom. The molecule has 1 heterocycles. The number of nitrogens with one attached hydrogen (secondary N) is 1. The van der Waals surface area contributed by atoms with Gasteiger partial charge in [-0.2, -0.15) is 4.31 Å². The van der Waals surface area contributed by atoms with Crippen LogP contribution in [0.3, 0.4) is 0 Å². The van der Waals surface area contributed by atoms with Gasteiger partial charge in [0, 0.05) is 13.1 Å². The van der Waals surface area contributed by atoms with Crippen LogP contribution >= 0.6 is 11.6 Å². The summed E-state index contributed by atoms with van der Waals surface area (Å²) < 4.78 is 39.2. The quantitative estimate of drug-likeness (QED) is 0.921. The van der Waals surface area contributed by atoms with Gasteiger partial charge in [-0.1, -0.05) is 11.6 Å². The SMILES string of the molecule is CNC[C@H]1CCN(S(=O)(=O)c2ccc(F)cc2Cl)C1. The second-order valence-electron chi connectivity index (χ2n) is 4.65. The van der Waals surface area contributed by atoms with E-state index in [1.165, 1.54) is 10.4 Å². The summed E-state index contributed by atoms with van der Waals surface area (Å²) in [5.41, 5.74) is 0. The van der Waals surface area contributed by atoms with Crippen molar-refractivity contribution in [3.05, 3.63) is 29.0 Å². The zero-order valence-corrected chi connectivity index (χ0v) is 12.1. The van der Waals surface area contributed by atoms with Crippen LogP contribution in [0.4, 0.5) is 4.39 Å². The van der Waals surface area contributed by atoms with Gasteiger partial charge in [0.25, 0.3) is 0 Å². The van der Waals surface area contributed by atoms with Crippen LogP contribution in [-0.2, 0) is 10.0 Å². The van der Waals surface area contributed by atoms with Crippen LogP contribution in [0.15, 0.2) is 23.1 Å². The summed E-state index contributed by atoms with van der Waals surface area (Å²) in [5.74, 6) is -0.238. The predicted molar refractivity (Wildman–Crippen MR) is 72.2 cm³/mol. The Morgan fingerprint density at radius 2 is 2.26 bits per heavy atom. The first-order valence-corrected chi connectivity index (χ1v) is 7.86. The molecule has 19 heavy (non-hydrogen) atoms. The Kier molecular flexibility index (Phi) is 4.45. The molecule has 0 radical (unpaired) electrons. The number of rotatable bonds is 4. The smallest absolute Gasteiger partial charge is 0.244 e. The molecule has 106 valence electrons. The van der Waals surface area contributed by atoms with Crippen molar-refractivity contribution in [2.24, 2.45) is 5.92 Å². The summed E-state index contributed by atoms with van der Waals surface area (Å²) in [6.45, 7) is 1.72. The van der Waals surface area contributed by atoms with Crippen LogP contribution in [0.2, 0.25) is 5.02 Å². The molecule has 1 atom stereocenters. The Balaban J connectivity index is 2.23. The first-order chi connectivity index (χ1) is 8.95. The maximum absolute atomic E-state index is 13.0. The van der Waals surface area contributed by atoms with Crippen LogP contribution in [-0.4, -0.2) is 39.4 Å². The Labute approximate surface area is 117 Å². The third-order valence-electron chi connectivity index (χ3n) is 3.25.